The highest BCUT2D eigenvalue weighted by Gasteiger charge is 2.17. The number of aromatic nitrogens is 1. The fourth-order valence-corrected chi connectivity index (χ4v) is 3.49. The fraction of sp³-hybridized carbons (Fsp3) is 0.571. The molecule has 1 aromatic rings. The number of nitrogens with zero attached hydrogens (tertiary/aromatic N) is 1. The first kappa shape index (κ1) is 14.7. The van der Waals surface area contributed by atoms with Crippen LogP contribution in [0.25, 0.3) is 0 Å². The maximum atomic E-state index is 12.2. The summed E-state index contributed by atoms with van der Waals surface area (Å²) in [5.74, 6) is 2.18. The molecule has 0 aliphatic carbocycles. The van der Waals surface area contributed by atoms with E-state index in [0.29, 0.717) is 10.7 Å². The number of thioether (sulfide) groups is 1. The van der Waals surface area contributed by atoms with Crippen LogP contribution in [0.4, 0.5) is 0 Å². The predicted octanol–water partition coefficient (Wildman–Crippen LogP) is 3.31. The molecule has 1 atom stereocenters. The summed E-state index contributed by atoms with van der Waals surface area (Å²) in [6.07, 6.45) is 4.08. The molecule has 0 spiro atoms. The normalized spacial score (nSPS) is 19.2. The quantitative estimate of drug-likeness (QED) is 0.867. The Morgan fingerprint density at radius 1 is 1.58 bits per heavy atom. The highest BCUT2D eigenvalue weighted by Crippen LogP contribution is 2.18. The van der Waals surface area contributed by atoms with E-state index < -0.39 is 0 Å². The number of aryl methyl sites for hydroxylation is 1. The summed E-state index contributed by atoms with van der Waals surface area (Å²) in [5, 5.41) is 3.48. The topological polar surface area (TPSA) is 42.0 Å². The average molecular weight is 299 g/mol. The van der Waals surface area contributed by atoms with E-state index in [4.69, 9.17) is 11.6 Å². The smallest absolute Gasteiger partial charge is 0.251 e. The van der Waals surface area contributed by atoms with Crippen molar-refractivity contribution >= 4 is 29.3 Å². The Morgan fingerprint density at radius 3 is 3.11 bits per heavy atom. The third-order valence-corrected chi connectivity index (χ3v) is 4.52. The van der Waals surface area contributed by atoms with Crippen LogP contribution in [0, 0.1) is 0 Å². The van der Waals surface area contributed by atoms with Crippen molar-refractivity contribution < 1.29 is 4.79 Å². The second-order valence-electron chi connectivity index (χ2n) is 4.81. The molecule has 1 aliphatic rings. The van der Waals surface area contributed by atoms with Crippen molar-refractivity contribution in [2.75, 3.05) is 11.5 Å². The van der Waals surface area contributed by atoms with Gasteiger partial charge in [-0.1, -0.05) is 24.9 Å². The zero-order valence-electron chi connectivity index (χ0n) is 11.1. The molecular formula is C14H19ClN2OS. The Morgan fingerprint density at radius 2 is 2.42 bits per heavy atom. The Bertz CT molecular complexity index is 447. The Kier molecular flexibility index (Phi) is 5.52. The van der Waals surface area contributed by atoms with E-state index in [1.807, 2.05) is 17.8 Å². The minimum atomic E-state index is -0.0332. The molecule has 1 unspecified atom stereocenters. The molecule has 0 aromatic carbocycles. The lowest BCUT2D eigenvalue weighted by Gasteiger charge is -2.22. The largest absolute Gasteiger partial charge is 0.348 e. The van der Waals surface area contributed by atoms with Crippen molar-refractivity contribution in [3.05, 3.63) is 28.5 Å². The molecule has 3 nitrogen and oxygen atoms in total. The van der Waals surface area contributed by atoms with Crippen LogP contribution in [0.1, 0.15) is 42.2 Å². The molecule has 104 valence electrons. The minimum Gasteiger partial charge on any atom is -0.348 e. The lowest BCUT2D eigenvalue weighted by Crippen LogP contribution is -2.38. The molecule has 19 heavy (non-hydrogen) atoms. The summed E-state index contributed by atoms with van der Waals surface area (Å²) in [5.41, 5.74) is 1.51. The number of halogens is 1. The van der Waals surface area contributed by atoms with Gasteiger partial charge in [0.05, 0.1) is 0 Å². The van der Waals surface area contributed by atoms with Crippen LogP contribution in [0.3, 0.4) is 0 Å². The van der Waals surface area contributed by atoms with Crippen LogP contribution in [0.2, 0.25) is 5.15 Å². The maximum absolute atomic E-state index is 12.2. The molecule has 1 aromatic heterocycles. The summed E-state index contributed by atoms with van der Waals surface area (Å²) >= 11 is 7.88. The molecule has 0 radical (unpaired) electrons. The highest BCUT2D eigenvalue weighted by molar-refractivity contribution is 7.99. The number of rotatable bonds is 4. The first-order valence-corrected chi connectivity index (χ1v) is 8.27. The highest BCUT2D eigenvalue weighted by atomic mass is 35.5. The van der Waals surface area contributed by atoms with Crippen LogP contribution in [0.15, 0.2) is 12.1 Å². The SMILES string of the molecule is CCCc1cc(C(=O)NC2CCCSC2)cc(Cl)n1. The van der Waals surface area contributed by atoms with E-state index in [1.165, 1.54) is 12.2 Å². The number of hydrogen-bond acceptors (Lipinski definition) is 3. The predicted molar refractivity (Wildman–Crippen MR) is 81.1 cm³/mol. The van der Waals surface area contributed by atoms with Crippen LogP contribution in [-0.4, -0.2) is 28.4 Å². The lowest BCUT2D eigenvalue weighted by atomic mass is 10.1. The molecule has 0 saturated carbocycles. The molecule has 1 fully saturated rings. The molecule has 1 aliphatic heterocycles. The van der Waals surface area contributed by atoms with E-state index in [1.54, 1.807) is 6.07 Å². The van der Waals surface area contributed by atoms with Crippen molar-refractivity contribution in [2.45, 2.75) is 38.6 Å². The van der Waals surface area contributed by atoms with Gasteiger partial charge in [-0.3, -0.25) is 4.79 Å². The summed E-state index contributed by atoms with van der Waals surface area (Å²) < 4.78 is 0. The van der Waals surface area contributed by atoms with E-state index in [-0.39, 0.29) is 11.9 Å². The summed E-state index contributed by atoms with van der Waals surface area (Å²) in [4.78, 5) is 16.4. The van der Waals surface area contributed by atoms with Crippen molar-refractivity contribution in [2.24, 2.45) is 0 Å². The maximum Gasteiger partial charge on any atom is 0.251 e. The lowest BCUT2D eigenvalue weighted by molar-refractivity contribution is 0.0938. The van der Waals surface area contributed by atoms with Gasteiger partial charge < -0.3 is 5.32 Å². The van der Waals surface area contributed by atoms with Gasteiger partial charge in [-0.25, -0.2) is 4.98 Å². The minimum absolute atomic E-state index is 0.0332. The van der Waals surface area contributed by atoms with E-state index in [2.05, 4.69) is 17.2 Å². The molecule has 5 heteroatoms. The second-order valence-corrected chi connectivity index (χ2v) is 6.34. The Hall–Kier alpha value is -0.740. The second kappa shape index (κ2) is 7.15. The third-order valence-electron chi connectivity index (χ3n) is 3.11. The number of hydrogen-bond donors (Lipinski definition) is 1. The van der Waals surface area contributed by atoms with E-state index in [0.717, 1.165) is 30.7 Å². The number of carbonyl (C=O) groups is 1. The third kappa shape index (κ3) is 4.39. The molecule has 1 N–H and O–H groups in total. The zero-order valence-corrected chi connectivity index (χ0v) is 12.7. The average Bonchev–Trinajstić information content (AvgIpc) is 2.39. The number of pyridine rings is 1. The van der Waals surface area contributed by atoms with Gasteiger partial charge in [0.1, 0.15) is 5.15 Å². The van der Waals surface area contributed by atoms with Gasteiger partial charge in [-0.05, 0) is 37.1 Å². The van der Waals surface area contributed by atoms with Crippen molar-refractivity contribution in [1.82, 2.24) is 10.3 Å². The van der Waals surface area contributed by atoms with Gasteiger partial charge in [-0.15, -0.1) is 0 Å². The van der Waals surface area contributed by atoms with Crippen molar-refractivity contribution in [3.8, 4) is 0 Å². The Balaban J connectivity index is 2.05. The number of nitrogens with one attached hydrogen (secondary N) is 1. The van der Waals surface area contributed by atoms with Crippen LogP contribution < -0.4 is 5.32 Å². The molecule has 2 heterocycles. The first-order chi connectivity index (χ1) is 9.19. The fourth-order valence-electron chi connectivity index (χ4n) is 2.19. The monoisotopic (exact) mass is 298 g/mol. The van der Waals surface area contributed by atoms with E-state index in [9.17, 15) is 4.79 Å². The summed E-state index contributed by atoms with van der Waals surface area (Å²) in [7, 11) is 0. The molecule has 1 saturated heterocycles. The standard InChI is InChI=1S/C14H19ClN2OS/c1-2-4-11-7-10(8-13(15)16-11)14(18)17-12-5-3-6-19-9-12/h7-8,12H,2-6,9H2,1H3,(H,17,18). The molecular weight excluding hydrogens is 280 g/mol. The van der Waals surface area contributed by atoms with Gasteiger partial charge in [-0.2, -0.15) is 11.8 Å². The van der Waals surface area contributed by atoms with Gasteiger partial charge in [0.25, 0.3) is 5.91 Å². The van der Waals surface area contributed by atoms with Crippen LogP contribution in [-0.2, 0) is 6.42 Å². The van der Waals surface area contributed by atoms with Crippen LogP contribution >= 0.6 is 23.4 Å². The van der Waals surface area contributed by atoms with Gasteiger partial charge >= 0.3 is 0 Å². The summed E-state index contributed by atoms with van der Waals surface area (Å²) in [6, 6.07) is 3.78. The molecule has 0 bridgehead atoms. The van der Waals surface area contributed by atoms with E-state index >= 15 is 0 Å². The van der Waals surface area contributed by atoms with Crippen molar-refractivity contribution in [3.63, 3.8) is 0 Å². The van der Waals surface area contributed by atoms with Crippen molar-refractivity contribution in [1.29, 1.82) is 0 Å². The number of carbonyl (C=O) groups excluding carboxylic acids is 1. The number of amides is 1. The molecule has 1 amide bonds. The zero-order chi connectivity index (χ0) is 13.7. The summed E-state index contributed by atoms with van der Waals surface area (Å²) in [6.45, 7) is 2.08. The Labute approximate surface area is 123 Å². The van der Waals surface area contributed by atoms with Crippen LogP contribution in [0.5, 0.6) is 0 Å². The van der Waals surface area contributed by atoms with Gasteiger partial charge in [0.2, 0.25) is 0 Å². The van der Waals surface area contributed by atoms with Gasteiger partial charge in [0.15, 0.2) is 0 Å². The van der Waals surface area contributed by atoms with Gasteiger partial charge in [0, 0.05) is 23.1 Å². The molecule has 2 rings (SSSR count). The first-order valence-electron chi connectivity index (χ1n) is 6.74.